The number of ether oxygens (including phenoxy) is 2. The fraction of sp³-hybridized carbons (Fsp3) is 0.222. The average molecular weight is 309 g/mol. The van der Waals surface area contributed by atoms with Crippen molar-refractivity contribution in [2.75, 3.05) is 13.2 Å². The first-order chi connectivity index (χ1) is 11.3. The van der Waals surface area contributed by atoms with Gasteiger partial charge in [-0.2, -0.15) is 0 Å². The van der Waals surface area contributed by atoms with Gasteiger partial charge in [-0.15, -0.1) is 0 Å². The second kappa shape index (κ2) is 6.96. The number of imidazole rings is 1. The first-order valence-electron chi connectivity index (χ1n) is 7.68. The van der Waals surface area contributed by atoms with E-state index >= 15 is 0 Å². The van der Waals surface area contributed by atoms with E-state index in [1.807, 2.05) is 50.2 Å². The predicted molar refractivity (Wildman–Crippen MR) is 89.6 cm³/mol. The third-order valence-corrected chi connectivity index (χ3v) is 3.34. The van der Waals surface area contributed by atoms with E-state index in [-0.39, 0.29) is 0 Å². The van der Waals surface area contributed by atoms with Gasteiger partial charge in [0.15, 0.2) is 17.3 Å². The summed E-state index contributed by atoms with van der Waals surface area (Å²) in [5, 5.41) is 0. The predicted octanol–water partition coefficient (Wildman–Crippen LogP) is 3.94. The van der Waals surface area contributed by atoms with E-state index in [1.54, 1.807) is 12.4 Å². The fourth-order valence-corrected chi connectivity index (χ4v) is 2.32. The van der Waals surface area contributed by atoms with E-state index in [0.29, 0.717) is 13.2 Å². The van der Waals surface area contributed by atoms with Crippen LogP contribution in [0.3, 0.4) is 0 Å². The highest BCUT2D eigenvalue weighted by molar-refractivity contribution is 5.66. The Bertz CT molecular complexity index is 769. The Kier molecular flexibility index (Phi) is 4.57. The summed E-state index contributed by atoms with van der Waals surface area (Å²) in [4.78, 5) is 12.0. The SMILES string of the molecule is CCOc1ccc(-c2cnc(-c3ccccn3)[nH]2)cc1OCC. The quantitative estimate of drug-likeness (QED) is 0.749. The molecular formula is C18H19N3O2. The lowest BCUT2D eigenvalue weighted by Gasteiger charge is -2.11. The Morgan fingerprint density at radius 3 is 2.52 bits per heavy atom. The standard InChI is InChI=1S/C18H19N3O2/c1-3-22-16-9-8-13(11-17(16)23-4-2)15-12-20-18(21-15)14-7-5-6-10-19-14/h5-12H,3-4H2,1-2H3,(H,20,21). The highest BCUT2D eigenvalue weighted by Crippen LogP contribution is 2.32. The van der Waals surface area contributed by atoms with E-state index in [1.165, 1.54) is 0 Å². The summed E-state index contributed by atoms with van der Waals surface area (Å²) in [5.41, 5.74) is 2.72. The van der Waals surface area contributed by atoms with Crippen LogP contribution in [0, 0.1) is 0 Å². The average Bonchev–Trinajstić information content (AvgIpc) is 3.08. The van der Waals surface area contributed by atoms with Crippen molar-refractivity contribution < 1.29 is 9.47 Å². The van der Waals surface area contributed by atoms with Gasteiger partial charge < -0.3 is 14.5 Å². The molecule has 5 nitrogen and oxygen atoms in total. The van der Waals surface area contributed by atoms with Crippen LogP contribution in [0.5, 0.6) is 11.5 Å². The Morgan fingerprint density at radius 2 is 1.78 bits per heavy atom. The number of aromatic nitrogens is 3. The lowest BCUT2D eigenvalue weighted by molar-refractivity contribution is 0.288. The monoisotopic (exact) mass is 309 g/mol. The molecule has 2 aromatic heterocycles. The molecule has 0 spiro atoms. The molecule has 0 saturated carbocycles. The molecule has 118 valence electrons. The number of H-pyrrole nitrogens is 1. The summed E-state index contributed by atoms with van der Waals surface area (Å²) in [7, 11) is 0. The smallest absolute Gasteiger partial charge is 0.161 e. The van der Waals surface area contributed by atoms with Crippen molar-refractivity contribution in [2.24, 2.45) is 0 Å². The van der Waals surface area contributed by atoms with Crippen LogP contribution >= 0.6 is 0 Å². The van der Waals surface area contributed by atoms with Crippen molar-refractivity contribution in [3.63, 3.8) is 0 Å². The normalized spacial score (nSPS) is 10.5. The van der Waals surface area contributed by atoms with Crippen LogP contribution < -0.4 is 9.47 Å². The second-order valence-electron chi connectivity index (χ2n) is 4.89. The largest absolute Gasteiger partial charge is 0.490 e. The summed E-state index contributed by atoms with van der Waals surface area (Å²) in [6, 6.07) is 11.6. The van der Waals surface area contributed by atoms with Gasteiger partial charge in [0.25, 0.3) is 0 Å². The van der Waals surface area contributed by atoms with Crippen molar-refractivity contribution in [1.29, 1.82) is 0 Å². The minimum atomic E-state index is 0.589. The first-order valence-corrected chi connectivity index (χ1v) is 7.68. The van der Waals surface area contributed by atoms with Gasteiger partial charge in [-0.1, -0.05) is 6.07 Å². The molecule has 0 radical (unpaired) electrons. The summed E-state index contributed by atoms with van der Waals surface area (Å²) >= 11 is 0. The molecule has 0 amide bonds. The minimum absolute atomic E-state index is 0.589. The van der Waals surface area contributed by atoms with Gasteiger partial charge in [-0.25, -0.2) is 4.98 Å². The molecule has 0 unspecified atom stereocenters. The van der Waals surface area contributed by atoms with Crippen molar-refractivity contribution in [3.05, 3.63) is 48.8 Å². The van der Waals surface area contributed by atoms with Gasteiger partial charge in [0.1, 0.15) is 5.69 Å². The van der Waals surface area contributed by atoms with Crippen LogP contribution in [0.4, 0.5) is 0 Å². The lowest BCUT2D eigenvalue weighted by atomic mass is 10.1. The number of pyridine rings is 1. The number of hydrogen-bond donors (Lipinski definition) is 1. The van der Waals surface area contributed by atoms with E-state index < -0.39 is 0 Å². The molecule has 0 saturated heterocycles. The van der Waals surface area contributed by atoms with Crippen molar-refractivity contribution in [3.8, 4) is 34.3 Å². The zero-order valence-corrected chi connectivity index (χ0v) is 13.2. The maximum atomic E-state index is 5.67. The van der Waals surface area contributed by atoms with Crippen LogP contribution in [-0.4, -0.2) is 28.2 Å². The van der Waals surface area contributed by atoms with E-state index in [9.17, 15) is 0 Å². The lowest BCUT2D eigenvalue weighted by Crippen LogP contribution is -1.98. The van der Waals surface area contributed by atoms with E-state index in [0.717, 1.165) is 34.3 Å². The van der Waals surface area contributed by atoms with Crippen LogP contribution in [0.15, 0.2) is 48.8 Å². The molecule has 0 fully saturated rings. The number of nitrogens with zero attached hydrogens (tertiary/aromatic N) is 2. The summed E-state index contributed by atoms with van der Waals surface area (Å²) in [6.07, 6.45) is 3.55. The summed E-state index contributed by atoms with van der Waals surface area (Å²) in [6.45, 7) is 5.11. The number of hydrogen-bond acceptors (Lipinski definition) is 4. The summed E-state index contributed by atoms with van der Waals surface area (Å²) < 4.78 is 11.3. The van der Waals surface area contributed by atoms with Crippen molar-refractivity contribution in [2.45, 2.75) is 13.8 Å². The molecule has 3 rings (SSSR count). The number of aromatic amines is 1. The topological polar surface area (TPSA) is 60.0 Å². The molecule has 0 aliphatic rings. The zero-order chi connectivity index (χ0) is 16.1. The molecule has 3 aromatic rings. The van der Waals surface area contributed by atoms with Crippen LogP contribution in [0.2, 0.25) is 0 Å². The minimum Gasteiger partial charge on any atom is -0.490 e. The molecular weight excluding hydrogens is 290 g/mol. The van der Waals surface area contributed by atoms with E-state index in [4.69, 9.17) is 9.47 Å². The number of rotatable bonds is 6. The van der Waals surface area contributed by atoms with Gasteiger partial charge >= 0.3 is 0 Å². The Balaban J connectivity index is 1.93. The van der Waals surface area contributed by atoms with E-state index in [2.05, 4.69) is 15.0 Å². The highest BCUT2D eigenvalue weighted by Gasteiger charge is 2.10. The molecule has 1 aromatic carbocycles. The molecule has 5 heteroatoms. The van der Waals surface area contributed by atoms with Gasteiger partial charge in [-0.05, 0) is 44.2 Å². The zero-order valence-electron chi connectivity index (χ0n) is 13.2. The maximum Gasteiger partial charge on any atom is 0.161 e. The molecule has 0 aliphatic carbocycles. The summed E-state index contributed by atoms with van der Waals surface area (Å²) in [5.74, 6) is 2.23. The third kappa shape index (κ3) is 3.34. The van der Waals surface area contributed by atoms with Crippen LogP contribution in [0.1, 0.15) is 13.8 Å². The maximum absolute atomic E-state index is 5.67. The van der Waals surface area contributed by atoms with Gasteiger partial charge in [0.05, 0.1) is 25.1 Å². The highest BCUT2D eigenvalue weighted by atomic mass is 16.5. The first kappa shape index (κ1) is 15.1. The Hall–Kier alpha value is -2.82. The molecule has 23 heavy (non-hydrogen) atoms. The molecule has 0 bridgehead atoms. The Morgan fingerprint density at radius 1 is 0.957 bits per heavy atom. The number of benzene rings is 1. The molecule has 0 atom stereocenters. The Labute approximate surface area is 135 Å². The van der Waals surface area contributed by atoms with Crippen molar-refractivity contribution in [1.82, 2.24) is 15.0 Å². The molecule has 1 N–H and O–H groups in total. The van der Waals surface area contributed by atoms with Gasteiger partial charge in [0.2, 0.25) is 0 Å². The molecule has 2 heterocycles. The molecule has 0 aliphatic heterocycles. The fourth-order valence-electron chi connectivity index (χ4n) is 2.32. The van der Waals surface area contributed by atoms with Crippen molar-refractivity contribution >= 4 is 0 Å². The van der Waals surface area contributed by atoms with Gasteiger partial charge in [-0.3, -0.25) is 4.98 Å². The van der Waals surface area contributed by atoms with Crippen LogP contribution in [0.25, 0.3) is 22.8 Å². The van der Waals surface area contributed by atoms with Crippen LogP contribution in [-0.2, 0) is 0 Å². The third-order valence-electron chi connectivity index (χ3n) is 3.34. The second-order valence-corrected chi connectivity index (χ2v) is 4.89. The van der Waals surface area contributed by atoms with Gasteiger partial charge in [0, 0.05) is 11.8 Å². The number of nitrogens with one attached hydrogen (secondary N) is 1.